The third kappa shape index (κ3) is 5.97. The molecule has 1 amide bonds. The number of likely N-dealkylation sites (tertiary alicyclic amines) is 1. The van der Waals surface area contributed by atoms with E-state index in [0.717, 1.165) is 39.3 Å². The van der Waals surface area contributed by atoms with Gasteiger partial charge in [0.05, 0.1) is 5.92 Å². The summed E-state index contributed by atoms with van der Waals surface area (Å²) in [6.45, 7) is 7.46. The Morgan fingerprint density at radius 2 is 1.57 bits per heavy atom. The van der Waals surface area contributed by atoms with Gasteiger partial charge in [-0.15, -0.1) is 0 Å². The number of carboxylic acids is 1. The number of amides is 1. The number of piperidine rings is 1. The van der Waals surface area contributed by atoms with E-state index in [1.54, 1.807) is 0 Å². The highest BCUT2D eigenvalue weighted by molar-refractivity contribution is 7.98. The van der Waals surface area contributed by atoms with Crippen LogP contribution >= 0.6 is 11.8 Å². The predicted octanol–water partition coefficient (Wildman–Crippen LogP) is 0.680. The molecule has 2 aliphatic heterocycles. The average molecular weight is 343 g/mol. The van der Waals surface area contributed by atoms with Gasteiger partial charge in [-0.1, -0.05) is 0 Å². The first-order valence-corrected chi connectivity index (χ1v) is 9.93. The number of nitrogens with zero attached hydrogens (tertiary/aromatic N) is 3. The van der Waals surface area contributed by atoms with Gasteiger partial charge in [0, 0.05) is 64.5 Å². The Labute approximate surface area is 143 Å². The van der Waals surface area contributed by atoms with Crippen molar-refractivity contribution in [3.8, 4) is 0 Å². The van der Waals surface area contributed by atoms with E-state index in [1.165, 1.54) is 5.75 Å². The fourth-order valence-electron chi connectivity index (χ4n) is 3.24. The first-order chi connectivity index (χ1) is 11.1. The fourth-order valence-corrected chi connectivity index (χ4v) is 3.69. The number of hydrogen-bond donors (Lipinski definition) is 1. The van der Waals surface area contributed by atoms with Crippen molar-refractivity contribution in [2.75, 3.05) is 64.4 Å². The van der Waals surface area contributed by atoms with Crippen LogP contribution in [0.2, 0.25) is 0 Å². The first kappa shape index (κ1) is 18.5. The normalized spacial score (nSPS) is 21.5. The zero-order valence-electron chi connectivity index (χ0n) is 14.1. The molecule has 132 valence electrons. The summed E-state index contributed by atoms with van der Waals surface area (Å²) in [4.78, 5) is 29.9. The Morgan fingerprint density at radius 1 is 1.00 bits per heavy atom. The molecule has 0 radical (unpaired) electrons. The molecule has 0 bridgehead atoms. The van der Waals surface area contributed by atoms with Crippen molar-refractivity contribution in [1.29, 1.82) is 0 Å². The lowest BCUT2D eigenvalue weighted by Gasteiger charge is -2.35. The summed E-state index contributed by atoms with van der Waals surface area (Å²) in [6.07, 6.45) is 3.88. The van der Waals surface area contributed by atoms with Crippen LogP contribution in [0.25, 0.3) is 0 Å². The maximum atomic E-state index is 12.3. The lowest BCUT2D eigenvalue weighted by Crippen LogP contribution is -2.48. The molecule has 1 N–H and O–H groups in total. The van der Waals surface area contributed by atoms with E-state index < -0.39 is 5.97 Å². The number of carbonyl (C=O) groups excluding carboxylic acids is 1. The molecule has 0 spiro atoms. The second-order valence-corrected chi connectivity index (χ2v) is 7.40. The summed E-state index contributed by atoms with van der Waals surface area (Å²) in [5.74, 6) is 0.369. The van der Waals surface area contributed by atoms with Crippen LogP contribution in [0, 0.1) is 5.92 Å². The predicted molar refractivity (Wildman–Crippen MR) is 92.8 cm³/mol. The van der Waals surface area contributed by atoms with E-state index in [9.17, 15) is 9.59 Å². The Morgan fingerprint density at radius 3 is 2.09 bits per heavy atom. The van der Waals surface area contributed by atoms with Gasteiger partial charge < -0.3 is 14.9 Å². The maximum absolute atomic E-state index is 12.3. The Kier molecular flexibility index (Phi) is 7.65. The van der Waals surface area contributed by atoms with E-state index in [-0.39, 0.29) is 11.8 Å². The summed E-state index contributed by atoms with van der Waals surface area (Å²) in [7, 11) is 0. The topological polar surface area (TPSA) is 64.1 Å². The van der Waals surface area contributed by atoms with Gasteiger partial charge >= 0.3 is 5.97 Å². The number of thioether (sulfide) groups is 1. The molecule has 2 saturated heterocycles. The van der Waals surface area contributed by atoms with Gasteiger partial charge in [0.2, 0.25) is 5.91 Å². The Hall–Kier alpha value is -0.790. The molecule has 2 fully saturated rings. The minimum Gasteiger partial charge on any atom is -0.481 e. The Bertz CT molecular complexity index is 392. The smallest absolute Gasteiger partial charge is 0.306 e. The molecule has 0 saturated carbocycles. The minimum atomic E-state index is -0.726. The number of aliphatic carboxylic acids is 1. The highest BCUT2D eigenvalue weighted by Crippen LogP contribution is 2.18. The zero-order chi connectivity index (χ0) is 16.7. The van der Waals surface area contributed by atoms with Gasteiger partial charge in [-0.25, -0.2) is 0 Å². The van der Waals surface area contributed by atoms with Crippen molar-refractivity contribution in [3.63, 3.8) is 0 Å². The highest BCUT2D eigenvalue weighted by atomic mass is 32.2. The van der Waals surface area contributed by atoms with Crippen molar-refractivity contribution < 1.29 is 14.7 Å². The van der Waals surface area contributed by atoms with Crippen molar-refractivity contribution in [1.82, 2.24) is 14.7 Å². The largest absolute Gasteiger partial charge is 0.481 e. The van der Waals surface area contributed by atoms with Gasteiger partial charge in [0.1, 0.15) is 0 Å². The maximum Gasteiger partial charge on any atom is 0.306 e. The summed E-state index contributed by atoms with van der Waals surface area (Å²) in [5.41, 5.74) is 0. The van der Waals surface area contributed by atoms with E-state index in [1.807, 2.05) is 16.7 Å². The monoisotopic (exact) mass is 343 g/mol. The van der Waals surface area contributed by atoms with E-state index in [2.05, 4.69) is 16.1 Å². The van der Waals surface area contributed by atoms with Gasteiger partial charge in [0.15, 0.2) is 0 Å². The van der Waals surface area contributed by atoms with Crippen LogP contribution in [0.5, 0.6) is 0 Å². The van der Waals surface area contributed by atoms with Crippen LogP contribution in [-0.2, 0) is 9.59 Å². The van der Waals surface area contributed by atoms with Crippen molar-refractivity contribution in [2.24, 2.45) is 5.92 Å². The summed E-state index contributed by atoms with van der Waals surface area (Å²) in [5, 5.41) is 9.00. The molecule has 2 heterocycles. The molecule has 6 nitrogen and oxygen atoms in total. The van der Waals surface area contributed by atoms with Crippen LogP contribution in [0.1, 0.15) is 19.3 Å². The number of hydrogen-bond acceptors (Lipinski definition) is 5. The molecular formula is C16H29N3O3S. The first-order valence-electron chi connectivity index (χ1n) is 8.54. The molecule has 0 aromatic carbocycles. The SMILES string of the molecule is CSCCN1CCN(CCC(=O)N2CCC(C(=O)O)CC2)CC1. The molecule has 2 aliphatic rings. The number of piperazine rings is 1. The summed E-state index contributed by atoms with van der Waals surface area (Å²) in [6, 6.07) is 0. The third-order valence-corrected chi connectivity index (χ3v) is 5.51. The van der Waals surface area contributed by atoms with E-state index >= 15 is 0 Å². The second-order valence-electron chi connectivity index (χ2n) is 6.42. The third-order valence-electron chi connectivity index (χ3n) is 4.92. The van der Waals surface area contributed by atoms with E-state index in [4.69, 9.17) is 5.11 Å². The second kappa shape index (κ2) is 9.49. The van der Waals surface area contributed by atoms with Crippen molar-refractivity contribution in [3.05, 3.63) is 0 Å². The number of rotatable bonds is 7. The Balaban J connectivity index is 1.61. The quantitative estimate of drug-likeness (QED) is 0.733. The minimum absolute atomic E-state index is 0.179. The molecule has 7 heteroatoms. The molecular weight excluding hydrogens is 314 g/mol. The molecule has 0 unspecified atom stereocenters. The lowest BCUT2D eigenvalue weighted by atomic mass is 9.97. The lowest BCUT2D eigenvalue weighted by molar-refractivity contribution is -0.145. The molecule has 23 heavy (non-hydrogen) atoms. The van der Waals surface area contributed by atoms with Crippen LogP contribution in [0.3, 0.4) is 0 Å². The van der Waals surface area contributed by atoms with Gasteiger partial charge in [-0.05, 0) is 19.1 Å². The zero-order valence-corrected chi connectivity index (χ0v) is 14.9. The van der Waals surface area contributed by atoms with Crippen LogP contribution in [-0.4, -0.2) is 96.0 Å². The van der Waals surface area contributed by atoms with Crippen molar-refractivity contribution in [2.45, 2.75) is 19.3 Å². The van der Waals surface area contributed by atoms with Crippen LogP contribution < -0.4 is 0 Å². The van der Waals surface area contributed by atoms with Gasteiger partial charge in [0.25, 0.3) is 0 Å². The molecule has 0 aromatic heterocycles. The number of carboxylic acid groups (broad SMARTS) is 1. The molecule has 0 atom stereocenters. The van der Waals surface area contributed by atoms with E-state index in [0.29, 0.717) is 32.4 Å². The average Bonchev–Trinajstić information content (AvgIpc) is 2.58. The molecule has 0 aromatic rings. The summed E-state index contributed by atoms with van der Waals surface area (Å²) >= 11 is 1.89. The fraction of sp³-hybridized carbons (Fsp3) is 0.875. The molecule has 0 aliphatic carbocycles. The van der Waals surface area contributed by atoms with Crippen molar-refractivity contribution >= 4 is 23.6 Å². The standard InChI is InChI=1S/C16H29N3O3S/c1-23-13-12-18-10-8-17(9-11-18)5-4-15(20)19-6-2-14(3-7-19)16(21)22/h14H,2-13H2,1H3,(H,21,22). The van der Waals surface area contributed by atoms with Crippen LogP contribution in [0.4, 0.5) is 0 Å². The summed E-state index contributed by atoms with van der Waals surface area (Å²) < 4.78 is 0. The molecule has 2 rings (SSSR count). The highest BCUT2D eigenvalue weighted by Gasteiger charge is 2.27. The van der Waals surface area contributed by atoms with Gasteiger partial charge in [-0.2, -0.15) is 11.8 Å². The van der Waals surface area contributed by atoms with Gasteiger partial charge in [-0.3, -0.25) is 14.5 Å². The van der Waals surface area contributed by atoms with Crippen LogP contribution in [0.15, 0.2) is 0 Å². The number of carbonyl (C=O) groups is 2.